The van der Waals surface area contributed by atoms with E-state index < -0.39 is 0 Å². The van der Waals surface area contributed by atoms with Gasteiger partial charge in [0.25, 0.3) is 0 Å². The molecule has 0 amide bonds. The first-order valence-corrected chi connectivity index (χ1v) is 11.9. The molecule has 0 fully saturated rings. The summed E-state index contributed by atoms with van der Waals surface area (Å²) in [6, 6.07) is 0. The maximum absolute atomic E-state index is 5.93. The summed E-state index contributed by atoms with van der Waals surface area (Å²) in [5.74, 6) is 0. The molecular formula is C22H44BrCl. The second-order valence-corrected chi connectivity index (χ2v) is 8.56. The van der Waals surface area contributed by atoms with Gasteiger partial charge < -0.3 is 0 Å². The Balaban J connectivity index is 0. The van der Waals surface area contributed by atoms with E-state index in [1.165, 1.54) is 102 Å². The minimum atomic E-state index is 0.373. The molecule has 0 N–H and O–H groups in total. The van der Waals surface area contributed by atoms with Gasteiger partial charge in [-0.1, -0.05) is 125 Å². The Kier molecular flexibility index (Phi) is 26.2. The number of alkyl halides is 2. The molecule has 1 atom stereocenters. The van der Waals surface area contributed by atoms with Crippen LogP contribution in [0.3, 0.4) is 0 Å². The van der Waals surface area contributed by atoms with Crippen molar-refractivity contribution in [2.45, 2.75) is 122 Å². The highest BCUT2D eigenvalue weighted by Gasteiger charge is 1.96. The van der Waals surface area contributed by atoms with Crippen LogP contribution in [-0.2, 0) is 0 Å². The normalized spacial score (nSPS) is 11.7. The third kappa shape index (κ3) is 30.4. The van der Waals surface area contributed by atoms with Gasteiger partial charge in [0.15, 0.2) is 0 Å². The van der Waals surface area contributed by atoms with Gasteiger partial charge in [-0.15, -0.1) is 11.6 Å². The van der Waals surface area contributed by atoms with Gasteiger partial charge in [-0.25, -0.2) is 0 Å². The number of allylic oxidation sites excluding steroid dienone is 1. The van der Waals surface area contributed by atoms with Gasteiger partial charge in [-0.3, -0.25) is 0 Å². The van der Waals surface area contributed by atoms with E-state index >= 15 is 0 Å². The lowest BCUT2D eigenvalue weighted by Crippen LogP contribution is -1.90. The molecule has 2 heteroatoms. The van der Waals surface area contributed by atoms with Crippen molar-refractivity contribution in [2.24, 2.45) is 0 Å². The zero-order chi connectivity index (χ0) is 18.5. The van der Waals surface area contributed by atoms with Crippen LogP contribution in [0.2, 0.25) is 0 Å². The van der Waals surface area contributed by atoms with Crippen molar-refractivity contribution in [3.05, 3.63) is 12.2 Å². The van der Waals surface area contributed by atoms with Crippen molar-refractivity contribution >= 4 is 27.5 Å². The van der Waals surface area contributed by atoms with Crippen LogP contribution in [0.5, 0.6) is 0 Å². The van der Waals surface area contributed by atoms with Crippen molar-refractivity contribution in [2.75, 3.05) is 5.33 Å². The Morgan fingerprint density at radius 2 is 1.08 bits per heavy atom. The summed E-state index contributed by atoms with van der Waals surface area (Å²) in [4.78, 5) is 0. The molecule has 0 nitrogen and oxygen atoms in total. The fourth-order valence-electron chi connectivity index (χ4n) is 2.62. The minimum Gasteiger partial charge on any atom is -0.123 e. The molecule has 0 saturated heterocycles. The molecule has 0 aromatic heterocycles. The fourth-order valence-corrected chi connectivity index (χ4v) is 2.77. The van der Waals surface area contributed by atoms with Crippen LogP contribution in [0, 0.1) is 0 Å². The first-order valence-electron chi connectivity index (χ1n) is 10.4. The average molecular weight is 424 g/mol. The largest absolute Gasteiger partial charge is 0.123 e. The molecule has 0 radical (unpaired) electrons. The van der Waals surface area contributed by atoms with E-state index in [-0.39, 0.29) is 0 Å². The molecule has 0 heterocycles. The van der Waals surface area contributed by atoms with Crippen LogP contribution < -0.4 is 0 Å². The SMILES string of the molecule is C=C(C)CBr.CCCCCCCCCCCCCCCCC(C)Cl. The van der Waals surface area contributed by atoms with Gasteiger partial charge in [-0.2, -0.15) is 0 Å². The van der Waals surface area contributed by atoms with E-state index in [0.717, 1.165) is 5.33 Å². The van der Waals surface area contributed by atoms with Crippen molar-refractivity contribution in [1.82, 2.24) is 0 Å². The topological polar surface area (TPSA) is 0 Å². The molecule has 0 aliphatic heterocycles. The highest BCUT2D eigenvalue weighted by atomic mass is 79.9. The van der Waals surface area contributed by atoms with E-state index in [2.05, 4.69) is 36.4 Å². The standard InChI is InChI=1S/C18H37Cl.C4H7Br/c1-3-4-5-6-7-8-9-10-11-12-13-14-15-16-17-18(2)19;1-4(2)3-5/h18H,3-17H2,1-2H3;1,3H2,2H3. The zero-order valence-corrected chi connectivity index (χ0v) is 19.2. The van der Waals surface area contributed by atoms with Gasteiger partial charge >= 0.3 is 0 Å². The highest BCUT2D eigenvalue weighted by molar-refractivity contribution is 9.09. The highest BCUT2D eigenvalue weighted by Crippen LogP contribution is 2.14. The third-order valence-electron chi connectivity index (χ3n) is 4.18. The van der Waals surface area contributed by atoms with Crippen molar-refractivity contribution < 1.29 is 0 Å². The van der Waals surface area contributed by atoms with Crippen LogP contribution in [-0.4, -0.2) is 10.7 Å². The van der Waals surface area contributed by atoms with Gasteiger partial charge in [-0.05, 0) is 20.3 Å². The maximum Gasteiger partial charge on any atom is 0.0307 e. The van der Waals surface area contributed by atoms with E-state index in [1.807, 2.05) is 6.92 Å². The fraction of sp³-hybridized carbons (Fsp3) is 0.909. The predicted octanol–water partition coefficient (Wildman–Crippen LogP) is 9.44. The second kappa shape index (κ2) is 23.5. The van der Waals surface area contributed by atoms with E-state index in [9.17, 15) is 0 Å². The lowest BCUT2D eigenvalue weighted by Gasteiger charge is -2.04. The summed E-state index contributed by atoms with van der Waals surface area (Å²) in [5, 5.41) is 1.30. The van der Waals surface area contributed by atoms with Crippen LogP contribution in [0.15, 0.2) is 12.2 Å². The summed E-state index contributed by atoms with van der Waals surface area (Å²) in [6.45, 7) is 10.00. The van der Waals surface area contributed by atoms with Crippen LogP contribution >= 0.6 is 27.5 Å². The number of rotatable bonds is 16. The van der Waals surface area contributed by atoms with Crippen molar-refractivity contribution in [3.63, 3.8) is 0 Å². The molecule has 0 aliphatic rings. The Morgan fingerprint density at radius 1 is 0.792 bits per heavy atom. The smallest absolute Gasteiger partial charge is 0.0307 e. The first kappa shape index (κ1) is 26.7. The molecule has 0 saturated carbocycles. The molecule has 1 unspecified atom stereocenters. The molecule has 146 valence electrons. The summed E-state index contributed by atoms with van der Waals surface area (Å²) in [5.41, 5.74) is 1.17. The Labute approximate surface area is 167 Å². The molecule has 0 aromatic carbocycles. The molecular weight excluding hydrogens is 380 g/mol. The van der Waals surface area contributed by atoms with Gasteiger partial charge in [0.1, 0.15) is 0 Å². The Hall–Kier alpha value is 0.510. The third-order valence-corrected chi connectivity index (χ3v) is 5.36. The van der Waals surface area contributed by atoms with Crippen LogP contribution in [0.25, 0.3) is 0 Å². The zero-order valence-electron chi connectivity index (χ0n) is 16.9. The molecule has 0 aliphatic carbocycles. The molecule has 24 heavy (non-hydrogen) atoms. The summed E-state index contributed by atoms with van der Waals surface area (Å²) < 4.78 is 0. The molecule has 0 aromatic rings. The minimum absolute atomic E-state index is 0.373. The van der Waals surface area contributed by atoms with E-state index in [4.69, 9.17) is 11.6 Å². The number of hydrogen-bond acceptors (Lipinski definition) is 0. The Morgan fingerprint density at radius 3 is 1.33 bits per heavy atom. The lowest BCUT2D eigenvalue weighted by molar-refractivity contribution is 0.532. The number of halogens is 2. The lowest BCUT2D eigenvalue weighted by atomic mass is 10.0. The average Bonchev–Trinajstić information content (AvgIpc) is 2.55. The monoisotopic (exact) mass is 422 g/mol. The number of unbranched alkanes of at least 4 members (excludes halogenated alkanes) is 13. The number of hydrogen-bond donors (Lipinski definition) is 0. The van der Waals surface area contributed by atoms with E-state index in [0.29, 0.717) is 5.38 Å². The van der Waals surface area contributed by atoms with Crippen LogP contribution in [0.1, 0.15) is 117 Å². The van der Waals surface area contributed by atoms with Crippen LogP contribution in [0.4, 0.5) is 0 Å². The van der Waals surface area contributed by atoms with Crippen molar-refractivity contribution in [1.29, 1.82) is 0 Å². The first-order chi connectivity index (χ1) is 11.5. The summed E-state index contributed by atoms with van der Waals surface area (Å²) >= 11 is 9.14. The Bertz CT molecular complexity index is 238. The van der Waals surface area contributed by atoms with Gasteiger partial charge in [0.05, 0.1) is 0 Å². The molecule has 0 bridgehead atoms. The second-order valence-electron chi connectivity index (χ2n) is 7.26. The summed E-state index contributed by atoms with van der Waals surface area (Å²) in [7, 11) is 0. The molecule has 0 rings (SSSR count). The van der Waals surface area contributed by atoms with E-state index in [1.54, 1.807) is 0 Å². The van der Waals surface area contributed by atoms with Crippen molar-refractivity contribution in [3.8, 4) is 0 Å². The van der Waals surface area contributed by atoms with Gasteiger partial charge in [0.2, 0.25) is 0 Å². The summed E-state index contributed by atoms with van der Waals surface area (Å²) in [6.07, 6.45) is 21.3. The predicted molar refractivity (Wildman–Crippen MR) is 119 cm³/mol. The quantitative estimate of drug-likeness (QED) is 0.132. The van der Waals surface area contributed by atoms with Gasteiger partial charge in [0, 0.05) is 10.7 Å². The molecule has 0 spiro atoms. The maximum atomic E-state index is 5.93.